The van der Waals surface area contributed by atoms with Crippen LogP contribution in [0.2, 0.25) is 0 Å². The van der Waals surface area contributed by atoms with Gasteiger partial charge in [0.2, 0.25) is 11.3 Å². The van der Waals surface area contributed by atoms with Gasteiger partial charge in [-0.1, -0.05) is 155 Å². The molecular formula is C35H70O4S. The fourth-order valence-corrected chi connectivity index (χ4v) is 5.22. The van der Waals surface area contributed by atoms with E-state index in [1.165, 1.54) is 141 Å². The minimum atomic E-state index is -0.525. The van der Waals surface area contributed by atoms with Gasteiger partial charge in [0.05, 0.1) is 19.8 Å². The molecule has 5 heteroatoms. The Morgan fingerprint density at radius 2 is 0.775 bits per heavy atom. The number of unbranched alkanes of at least 4 members (excludes halogenated alkanes) is 22. The molecule has 0 radical (unpaired) electrons. The molecule has 0 aromatic heterocycles. The molecule has 0 rings (SSSR count). The average Bonchev–Trinajstić information content (AvgIpc) is 2.96. The van der Waals surface area contributed by atoms with Gasteiger partial charge in [-0.25, -0.2) is 0 Å². The maximum absolute atomic E-state index is 6.06. The van der Waals surface area contributed by atoms with Gasteiger partial charge < -0.3 is 18.9 Å². The molecule has 0 spiro atoms. The van der Waals surface area contributed by atoms with Crippen molar-refractivity contribution in [1.29, 1.82) is 0 Å². The van der Waals surface area contributed by atoms with E-state index in [0.29, 0.717) is 31.5 Å². The summed E-state index contributed by atoms with van der Waals surface area (Å²) in [5, 5.41) is 0.439. The number of rotatable bonds is 34. The van der Waals surface area contributed by atoms with Crippen molar-refractivity contribution in [1.82, 2.24) is 0 Å². The molecule has 0 unspecified atom stereocenters. The largest absolute Gasteiger partial charge is 0.483 e. The second kappa shape index (κ2) is 35.0. The lowest BCUT2D eigenvalue weighted by Crippen LogP contribution is -2.29. The van der Waals surface area contributed by atoms with Crippen LogP contribution in [0.3, 0.4) is 0 Å². The summed E-state index contributed by atoms with van der Waals surface area (Å²) in [6.07, 6.45) is 32.5. The van der Waals surface area contributed by atoms with Crippen LogP contribution in [0, 0.1) is 0 Å². The lowest BCUT2D eigenvalue weighted by atomic mass is 10.1. The van der Waals surface area contributed by atoms with Crippen LogP contribution < -0.4 is 0 Å². The Labute approximate surface area is 256 Å². The highest BCUT2D eigenvalue weighted by molar-refractivity contribution is 7.80. The number of hydrogen-bond acceptors (Lipinski definition) is 5. The molecule has 0 saturated heterocycles. The van der Waals surface area contributed by atoms with Crippen LogP contribution >= 0.6 is 12.2 Å². The van der Waals surface area contributed by atoms with Crippen molar-refractivity contribution in [3.05, 3.63) is 0 Å². The highest BCUT2D eigenvalue weighted by Crippen LogP contribution is 2.14. The zero-order chi connectivity index (χ0) is 29.2. The number of thiocarbonyl (C=S) groups is 1. The van der Waals surface area contributed by atoms with Gasteiger partial charge in [0, 0.05) is 19.6 Å². The Morgan fingerprint density at radius 3 is 1.12 bits per heavy atom. The van der Waals surface area contributed by atoms with Gasteiger partial charge in [-0.05, 0) is 32.0 Å². The van der Waals surface area contributed by atoms with Crippen LogP contribution in [0.4, 0.5) is 0 Å². The topological polar surface area (TPSA) is 36.9 Å². The third-order valence-corrected chi connectivity index (χ3v) is 7.92. The molecule has 0 N–H and O–H groups in total. The first-order valence-corrected chi connectivity index (χ1v) is 18.1. The van der Waals surface area contributed by atoms with E-state index in [9.17, 15) is 0 Å². The molecule has 0 atom stereocenters. The van der Waals surface area contributed by atoms with Gasteiger partial charge in [0.1, 0.15) is 0 Å². The van der Waals surface area contributed by atoms with Crippen molar-refractivity contribution in [3.63, 3.8) is 0 Å². The van der Waals surface area contributed by atoms with Crippen LogP contribution in [0.5, 0.6) is 0 Å². The molecule has 0 saturated carbocycles. The predicted octanol–water partition coefficient (Wildman–Crippen LogP) is 11.5. The van der Waals surface area contributed by atoms with Gasteiger partial charge in [-0.2, -0.15) is 0 Å². The minimum Gasteiger partial charge on any atom is -0.483 e. The first kappa shape index (κ1) is 39.8. The molecule has 0 aliphatic heterocycles. The summed E-state index contributed by atoms with van der Waals surface area (Å²) in [6, 6.07) is 0. The monoisotopic (exact) mass is 586 g/mol. The second-order valence-corrected chi connectivity index (χ2v) is 12.0. The first-order chi connectivity index (χ1) is 19.8. The zero-order valence-electron chi connectivity index (χ0n) is 27.3. The van der Waals surface area contributed by atoms with Crippen molar-refractivity contribution in [2.75, 3.05) is 33.0 Å². The Morgan fingerprint density at radius 1 is 0.425 bits per heavy atom. The van der Waals surface area contributed by atoms with Gasteiger partial charge in [0.25, 0.3) is 0 Å². The van der Waals surface area contributed by atoms with E-state index in [1.54, 1.807) is 0 Å². The van der Waals surface area contributed by atoms with Crippen molar-refractivity contribution >= 4 is 17.3 Å². The van der Waals surface area contributed by atoms with Crippen LogP contribution in [-0.2, 0) is 18.9 Å². The minimum absolute atomic E-state index is 0.439. The first-order valence-electron chi connectivity index (χ1n) is 17.7. The van der Waals surface area contributed by atoms with E-state index < -0.39 is 6.29 Å². The molecule has 240 valence electrons. The highest BCUT2D eigenvalue weighted by atomic mass is 32.1. The van der Waals surface area contributed by atoms with Crippen molar-refractivity contribution in [2.24, 2.45) is 0 Å². The molecule has 0 amide bonds. The van der Waals surface area contributed by atoms with Gasteiger partial charge in [0.15, 0.2) is 0 Å². The maximum atomic E-state index is 6.06. The summed E-state index contributed by atoms with van der Waals surface area (Å²) in [7, 11) is 0. The van der Waals surface area contributed by atoms with Gasteiger partial charge in [-0.3, -0.25) is 0 Å². The smallest absolute Gasteiger partial charge is 0.227 e. The Bertz CT molecular complexity index is 458. The Kier molecular flexibility index (Phi) is 34.8. The van der Waals surface area contributed by atoms with Crippen molar-refractivity contribution < 1.29 is 18.9 Å². The van der Waals surface area contributed by atoms with Gasteiger partial charge in [-0.15, -0.1) is 0 Å². The lowest BCUT2D eigenvalue weighted by Gasteiger charge is -2.20. The van der Waals surface area contributed by atoms with Crippen molar-refractivity contribution in [3.8, 4) is 0 Å². The second-order valence-electron chi connectivity index (χ2n) is 11.6. The van der Waals surface area contributed by atoms with Crippen LogP contribution in [0.15, 0.2) is 0 Å². The number of ether oxygens (including phenoxy) is 4. The molecule has 0 heterocycles. The molecular weight excluding hydrogens is 516 g/mol. The van der Waals surface area contributed by atoms with Gasteiger partial charge >= 0.3 is 0 Å². The SMILES string of the molecule is CCCCCCCCCCCCCCOC(OCCCCCCCCCCCCCC)C(=S)OCCCOCC. The van der Waals surface area contributed by atoms with Crippen LogP contribution in [0.25, 0.3) is 0 Å². The highest BCUT2D eigenvalue weighted by Gasteiger charge is 2.17. The Hall–Kier alpha value is -0.230. The molecule has 40 heavy (non-hydrogen) atoms. The molecule has 0 fully saturated rings. The van der Waals surface area contributed by atoms with Crippen LogP contribution in [0.1, 0.15) is 181 Å². The third kappa shape index (κ3) is 30.7. The summed E-state index contributed by atoms with van der Waals surface area (Å²) in [6.45, 7) is 9.93. The predicted molar refractivity (Wildman–Crippen MR) is 178 cm³/mol. The zero-order valence-corrected chi connectivity index (χ0v) is 28.1. The van der Waals surface area contributed by atoms with E-state index in [-0.39, 0.29) is 0 Å². The van der Waals surface area contributed by atoms with E-state index in [2.05, 4.69) is 13.8 Å². The maximum Gasteiger partial charge on any atom is 0.227 e. The molecule has 0 aromatic rings. The fourth-order valence-electron chi connectivity index (χ4n) is 5.00. The van der Waals surface area contributed by atoms with Crippen LogP contribution in [-0.4, -0.2) is 44.4 Å². The van der Waals surface area contributed by atoms with Crippen molar-refractivity contribution in [2.45, 2.75) is 188 Å². The Balaban J connectivity index is 3.92. The molecule has 0 aliphatic carbocycles. The molecule has 0 aromatic carbocycles. The molecule has 0 aliphatic rings. The van der Waals surface area contributed by atoms with E-state index in [4.69, 9.17) is 31.2 Å². The molecule has 0 bridgehead atoms. The summed E-state index contributed by atoms with van der Waals surface area (Å²) < 4.78 is 23.3. The lowest BCUT2D eigenvalue weighted by molar-refractivity contribution is -0.108. The summed E-state index contributed by atoms with van der Waals surface area (Å²) in [4.78, 5) is 0. The molecule has 4 nitrogen and oxygen atoms in total. The standard InChI is InChI=1S/C35H70O4S/c1-4-7-9-11-13-15-17-19-21-23-25-27-31-37-34(35(40)39-33-29-30-36-6-3)38-32-28-26-24-22-20-18-16-14-12-10-8-5-2/h34H,4-33H2,1-3H3. The quantitative estimate of drug-likeness (QED) is 0.0426. The van der Waals surface area contributed by atoms with E-state index in [1.807, 2.05) is 6.92 Å². The fraction of sp³-hybridized carbons (Fsp3) is 0.971. The normalized spacial score (nSPS) is 11.5. The number of hydrogen-bond donors (Lipinski definition) is 0. The summed E-state index contributed by atoms with van der Waals surface area (Å²) >= 11 is 5.53. The summed E-state index contributed by atoms with van der Waals surface area (Å²) in [5.74, 6) is 0. The summed E-state index contributed by atoms with van der Waals surface area (Å²) in [5.41, 5.74) is 0. The van der Waals surface area contributed by atoms with E-state index in [0.717, 1.165) is 25.9 Å². The third-order valence-electron chi connectivity index (χ3n) is 7.61. The average molecular weight is 587 g/mol. The van der Waals surface area contributed by atoms with E-state index >= 15 is 0 Å².